The molecule has 0 aliphatic carbocycles. The fourth-order valence-corrected chi connectivity index (χ4v) is 1.60. The molecule has 0 bridgehead atoms. The normalized spacial score (nSPS) is 10.2. The molecule has 0 saturated heterocycles. The van der Waals surface area contributed by atoms with E-state index in [4.69, 9.17) is 16.7 Å². The summed E-state index contributed by atoms with van der Waals surface area (Å²) in [6.45, 7) is 0.957. The van der Waals surface area contributed by atoms with Crippen molar-refractivity contribution in [1.82, 2.24) is 15.2 Å². The van der Waals surface area contributed by atoms with Crippen molar-refractivity contribution in [2.75, 3.05) is 23.8 Å². The molecule has 7 heteroatoms. The van der Waals surface area contributed by atoms with E-state index in [1.54, 1.807) is 0 Å². The van der Waals surface area contributed by atoms with E-state index in [2.05, 4.69) is 25.8 Å². The van der Waals surface area contributed by atoms with E-state index < -0.39 is 0 Å². The second-order valence-electron chi connectivity index (χ2n) is 3.76. The number of hydrogen-bond donors (Lipinski definition) is 3. The maximum atomic E-state index is 8.72. The lowest BCUT2D eigenvalue weighted by Crippen LogP contribution is -2.11. The van der Waals surface area contributed by atoms with Crippen LogP contribution in [0.25, 0.3) is 0 Å². The van der Waals surface area contributed by atoms with Gasteiger partial charge in [0.15, 0.2) is 11.0 Å². The summed E-state index contributed by atoms with van der Waals surface area (Å²) in [4.78, 5) is 4.19. The molecule has 0 amide bonds. The molecule has 1 heterocycles. The Morgan fingerprint density at radius 1 is 1.11 bits per heavy atom. The minimum Gasteiger partial charge on any atom is -0.395 e. The molecule has 19 heavy (non-hydrogen) atoms. The van der Waals surface area contributed by atoms with Crippen LogP contribution in [0.1, 0.15) is 5.56 Å². The van der Waals surface area contributed by atoms with Crippen LogP contribution < -0.4 is 10.6 Å². The fourth-order valence-electron chi connectivity index (χ4n) is 1.45. The monoisotopic (exact) mass is 279 g/mol. The molecule has 100 valence electrons. The average molecular weight is 280 g/mol. The lowest BCUT2D eigenvalue weighted by atomic mass is 10.2. The Kier molecular flexibility index (Phi) is 4.88. The molecule has 1 aromatic carbocycles. The van der Waals surface area contributed by atoms with Crippen molar-refractivity contribution in [3.05, 3.63) is 41.0 Å². The van der Waals surface area contributed by atoms with Gasteiger partial charge in [0, 0.05) is 13.1 Å². The highest BCUT2D eigenvalue weighted by Crippen LogP contribution is 2.17. The van der Waals surface area contributed by atoms with Gasteiger partial charge < -0.3 is 15.7 Å². The second kappa shape index (κ2) is 6.86. The molecule has 0 atom stereocenters. The summed E-state index contributed by atoms with van der Waals surface area (Å²) in [6, 6.07) is 9.89. The van der Waals surface area contributed by atoms with Crippen molar-refractivity contribution in [2.45, 2.75) is 6.54 Å². The third-order valence-electron chi connectivity index (χ3n) is 2.34. The van der Waals surface area contributed by atoms with Crippen molar-refractivity contribution in [1.29, 1.82) is 0 Å². The summed E-state index contributed by atoms with van der Waals surface area (Å²) in [5.41, 5.74) is 1.11. The van der Waals surface area contributed by atoms with Crippen molar-refractivity contribution in [3.63, 3.8) is 0 Å². The Hall–Kier alpha value is -1.92. The first-order valence-electron chi connectivity index (χ1n) is 5.82. The van der Waals surface area contributed by atoms with E-state index in [1.807, 2.05) is 30.3 Å². The zero-order chi connectivity index (χ0) is 13.5. The number of aliphatic hydroxyl groups is 1. The summed E-state index contributed by atoms with van der Waals surface area (Å²) in [7, 11) is 0. The van der Waals surface area contributed by atoms with E-state index in [0.717, 1.165) is 5.56 Å². The Morgan fingerprint density at radius 2 is 1.89 bits per heavy atom. The van der Waals surface area contributed by atoms with Crippen LogP contribution in [-0.4, -0.2) is 33.4 Å². The number of anilines is 2. The standard InChI is InChI=1S/C12H14ClN5O/c13-10-11(15-8-9-4-2-1-3-5-9)16-12(18-17-10)14-6-7-19/h1-5,19H,6-8H2,(H2,14,15,16,18). The molecule has 0 unspecified atom stereocenters. The van der Waals surface area contributed by atoms with Crippen LogP contribution in [0.4, 0.5) is 11.8 Å². The van der Waals surface area contributed by atoms with Crippen molar-refractivity contribution in [2.24, 2.45) is 0 Å². The number of nitrogens with one attached hydrogen (secondary N) is 2. The highest BCUT2D eigenvalue weighted by molar-refractivity contribution is 6.31. The quantitative estimate of drug-likeness (QED) is 0.744. The van der Waals surface area contributed by atoms with E-state index in [9.17, 15) is 0 Å². The Bertz CT molecular complexity index is 523. The number of hydrogen-bond acceptors (Lipinski definition) is 6. The highest BCUT2D eigenvalue weighted by Gasteiger charge is 2.06. The second-order valence-corrected chi connectivity index (χ2v) is 4.12. The molecule has 0 aliphatic heterocycles. The number of aromatic nitrogens is 3. The van der Waals surface area contributed by atoms with E-state index in [0.29, 0.717) is 24.9 Å². The zero-order valence-electron chi connectivity index (χ0n) is 10.2. The summed E-state index contributed by atoms with van der Waals surface area (Å²) in [6.07, 6.45) is 0. The first kappa shape index (κ1) is 13.5. The third kappa shape index (κ3) is 4.04. The van der Waals surface area contributed by atoms with Gasteiger partial charge in [-0.3, -0.25) is 0 Å². The molecule has 6 nitrogen and oxygen atoms in total. The molecule has 0 aliphatic rings. The van der Waals surface area contributed by atoms with Crippen molar-refractivity contribution in [3.8, 4) is 0 Å². The van der Waals surface area contributed by atoms with Gasteiger partial charge in [-0.1, -0.05) is 41.9 Å². The summed E-state index contributed by atoms with van der Waals surface area (Å²) in [5.74, 6) is 0.787. The lowest BCUT2D eigenvalue weighted by Gasteiger charge is -2.08. The predicted molar refractivity (Wildman–Crippen MR) is 74.2 cm³/mol. The highest BCUT2D eigenvalue weighted by atomic mass is 35.5. The molecule has 0 saturated carbocycles. The topological polar surface area (TPSA) is 83.0 Å². The van der Waals surface area contributed by atoms with E-state index in [-0.39, 0.29) is 11.8 Å². The lowest BCUT2D eigenvalue weighted by molar-refractivity contribution is 0.310. The number of aliphatic hydroxyl groups excluding tert-OH is 1. The van der Waals surface area contributed by atoms with Crippen LogP contribution in [-0.2, 0) is 6.54 Å². The summed E-state index contributed by atoms with van der Waals surface area (Å²) in [5, 5.41) is 22.4. The molecular formula is C12H14ClN5O. The Balaban J connectivity index is 2.02. The third-order valence-corrected chi connectivity index (χ3v) is 2.60. The first-order chi connectivity index (χ1) is 9.29. The van der Waals surface area contributed by atoms with Crippen molar-refractivity contribution < 1.29 is 5.11 Å². The van der Waals surface area contributed by atoms with Gasteiger partial charge in [0.25, 0.3) is 0 Å². The van der Waals surface area contributed by atoms with Gasteiger partial charge in [-0.25, -0.2) is 0 Å². The van der Waals surface area contributed by atoms with Gasteiger partial charge in [0.05, 0.1) is 6.61 Å². The van der Waals surface area contributed by atoms with Gasteiger partial charge in [0.1, 0.15) is 0 Å². The van der Waals surface area contributed by atoms with Gasteiger partial charge in [-0.05, 0) is 5.56 Å². The Labute approximate surface area is 115 Å². The largest absolute Gasteiger partial charge is 0.395 e. The summed E-state index contributed by atoms with van der Waals surface area (Å²) < 4.78 is 0. The maximum Gasteiger partial charge on any atom is 0.244 e. The molecule has 2 rings (SSSR count). The van der Waals surface area contributed by atoms with Crippen molar-refractivity contribution >= 4 is 23.4 Å². The maximum absolute atomic E-state index is 8.72. The molecule has 3 N–H and O–H groups in total. The molecule has 0 fully saturated rings. The van der Waals surface area contributed by atoms with Crippen LogP contribution in [0, 0.1) is 0 Å². The fraction of sp³-hybridized carbons (Fsp3) is 0.250. The molecule has 1 aromatic heterocycles. The Morgan fingerprint density at radius 3 is 2.63 bits per heavy atom. The number of benzene rings is 1. The number of halogens is 1. The number of nitrogens with zero attached hydrogens (tertiary/aromatic N) is 3. The molecule has 0 radical (unpaired) electrons. The van der Waals surface area contributed by atoms with Gasteiger partial charge >= 0.3 is 0 Å². The zero-order valence-corrected chi connectivity index (χ0v) is 10.9. The number of rotatable bonds is 6. The van der Waals surface area contributed by atoms with E-state index >= 15 is 0 Å². The van der Waals surface area contributed by atoms with Crippen LogP contribution >= 0.6 is 11.6 Å². The first-order valence-corrected chi connectivity index (χ1v) is 6.20. The minimum absolute atomic E-state index is 0.00123. The minimum atomic E-state index is -0.00123. The van der Waals surface area contributed by atoms with Gasteiger partial charge in [-0.15, -0.1) is 10.2 Å². The molecule has 2 aromatic rings. The van der Waals surface area contributed by atoms with Crippen LogP contribution in [0.5, 0.6) is 0 Å². The van der Waals surface area contributed by atoms with E-state index in [1.165, 1.54) is 0 Å². The summed E-state index contributed by atoms with van der Waals surface area (Å²) >= 11 is 5.92. The van der Waals surface area contributed by atoms with Crippen LogP contribution in [0.3, 0.4) is 0 Å². The molecular weight excluding hydrogens is 266 g/mol. The van der Waals surface area contributed by atoms with Crippen LogP contribution in [0.15, 0.2) is 30.3 Å². The predicted octanol–water partition coefficient (Wildman–Crippen LogP) is 1.54. The van der Waals surface area contributed by atoms with Gasteiger partial charge in [-0.2, -0.15) is 4.98 Å². The smallest absolute Gasteiger partial charge is 0.244 e. The average Bonchev–Trinajstić information content (AvgIpc) is 2.46. The molecule has 0 spiro atoms. The van der Waals surface area contributed by atoms with Crippen LogP contribution in [0.2, 0.25) is 5.15 Å². The van der Waals surface area contributed by atoms with Gasteiger partial charge in [0.2, 0.25) is 5.95 Å². The SMILES string of the molecule is OCCNc1nnc(Cl)c(NCc2ccccc2)n1.